The highest BCUT2D eigenvalue weighted by molar-refractivity contribution is 6.30. The number of benzene rings is 2. The maximum absolute atomic E-state index is 12.8. The van der Waals surface area contributed by atoms with Crippen LogP contribution in [-0.4, -0.2) is 41.6 Å². The van der Waals surface area contributed by atoms with Crippen LogP contribution in [0, 0.1) is 0 Å². The molecule has 3 rings (SSSR count). The third kappa shape index (κ3) is 4.86. The van der Waals surface area contributed by atoms with Crippen molar-refractivity contribution >= 4 is 34.1 Å². The number of carbonyl (C=O) groups is 1. The lowest BCUT2D eigenvalue weighted by Crippen LogP contribution is -2.42. The average Bonchev–Trinajstić information content (AvgIpc) is 3.04. The molecule has 0 fully saturated rings. The van der Waals surface area contributed by atoms with Gasteiger partial charge in [0.25, 0.3) is 5.91 Å². The molecule has 6 heteroatoms. The molecule has 0 saturated carbocycles. The molecule has 5 nitrogen and oxygen atoms in total. The van der Waals surface area contributed by atoms with Crippen LogP contribution in [0.25, 0.3) is 10.9 Å². The van der Waals surface area contributed by atoms with Crippen molar-refractivity contribution in [1.29, 1.82) is 0 Å². The zero-order chi connectivity index (χ0) is 20.3. The summed E-state index contributed by atoms with van der Waals surface area (Å²) in [5.74, 6) is 0.381. The van der Waals surface area contributed by atoms with E-state index in [0.717, 1.165) is 29.7 Å². The lowest BCUT2D eigenvalue weighted by molar-refractivity contribution is -0.128. The molecule has 0 aliphatic carbocycles. The Kier molecular flexibility index (Phi) is 5.96. The molecular formula is C22H26ClN3O2. The average molecular weight is 400 g/mol. The van der Waals surface area contributed by atoms with Crippen molar-refractivity contribution in [3.8, 4) is 5.75 Å². The first-order valence-corrected chi connectivity index (χ1v) is 9.62. The minimum atomic E-state index is -1.03. The van der Waals surface area contributed by atoms with E-state index in [9.17, 15) is 4.79 Å². The summed E-state index contributed by atoms with van der Waals surface area (Å²) in [5.41, 5.74) is 0.868. The normalized spacial score (nSPS) is 11.8. The van der Waals surface area contributed by atoms with Gasteiger partial charge in [-0.2, -0.15) is 0 Å². The summed E-state index contributed by atoms with van der Waals surface area (Å²) in [6.07, 6.45) is 2.08. The number of nitrogens with one attached hydrogen (secondary N) is 1. The van der Waals surface area contributed by atoms with Gasteiger partial charge in [-0.1, -0.05) is 11.6 Å². The number of hydrogen-bond donors (Lipinski definition) is 1. The highest BCUT2D eigenvalue weighted by Crippen LogP contribution is 2.24. The Labute approximate surface area is 170 Å². The van der Waals surface area contributed by atoms with Crippen LogP contribution in [0.1, 0.15) is 13.8 Å². The van der Waals surface area contributed by atoms with Gasteiger partial charge in [0, 0.05) is 40.9 Å². The van der Waals surface area contributed by atoms with E-state index < -0.39 is 5.60 Å². The van der Waals surface area contributed by atoms with E-state index in [1.54, 1.807) is 38.1 Å². The number of fused-ring (bicyclic) bond motifs is 1. The van der Waals surface area contributed by atoms with Crippen LogP contribution in [0.5, 0.6) is 5.75 Å². The second-order valence-corrected chi connectivity index (χ2v) is 8.04. The second-order valence-electron chi connectivity index (χ2n) is 7.61. The van der Waals surface area contributed by atoms with Gasteiger partial charge >= 0.3 is 0 Å². The van der Waals surface area contributed by atoms with Gasteiger partial charge in [0.15, 0.2) is 5.60 Å². The number of hydrogen-bond acceptors (Lipinski definition) is 3. The van der Waals surface area contributed by atoms with Crippen molar-refractivity contribution in [2.45, 2.75) is 26.0 Å². The van der Waals surface area contributed by atoms with Crippen molar-refractivity contribution in [2.24, 2.45) is 0 Å². The monoisotopic (exact) mass is 399 g/mol. The molecule has 0 unspecified atom stereocenters. The third-order valence-electron chi connectivity index (χ3n) is 4.55. The Morgan fingerprint density at radius 1 is 1.14 bits per heavy atom. The van der Waals surface area contributed by atoms with Gasteiger partial charge in [-0.3, -0.25) is 4.79 Å². The molecule has 0 bridgehead atoms. The van der Waals surface area contributed by atoms with E-state index >= 15 is 0 Å². The van der Waals surface area contributed by atoms with E-state index in [-0.39, 0.29) is 5.91 Å². The molecule has 0 spiro atoms. The molecule has 0 aliphatic rings. The summed E-state index contributed by atoms with van der Waals surface area (Å²) in [6, 6.07) is 15.0. The molecule has 1 aromatic heterocycles. The molecule has 3 aromatic rings. The fourth-order valence-electron chi connectivity index (χ4n) is 2.91. The Morgan fingerprint density at radius 2 is 1.86 bits per heavy atom. The van der Waals surface area contributed by atoms with Crippen molar-refractivity contribution in [3.05, 3.63) is 59.8 Å². The second kappa shape index (κ2) is 8.25. The molecule has 1 amide bonds. The smallest absolute Gasteiger partial charge is 0.267 e. The zero-order valence-electron chi connectivity index (χ0n) is 16.7. The van der Waals surface area contributed by atoms with E-state index in [1.165, 1.54) is 0 Å². The quantitative estimate of drug-likeness (QED) is 0.628. The maximum Gasteiger partial charge on any atom is 0.267 e. The standard InChI is InChI=1S/C22H26ClN3O2/c1-22(2,28-19-8-5-17(23)6-9-19)21(27)24-18-7-10-20-16(15-18)11-12-26(20)14-13-25(3)4/h5-12,15H,13-14H2,1-4H3,(H,24,27). The molecule has 0 atom stereocenters. The van der Waals surface area contributed by atoms with Crippen LogP contribution >= 0.6 is 11.6 Å². The molecule has 148 valence electrons. The number of halogens is 1. The van der Waals surface area contributed by atoms with Gasteiger partial charge < -0.3 is 19.5 Å². The van der Waals surface area contributed by atoms with E-state index in [2.05, 4.69) is 41.1 Å². The van der Waals surface area contributed by atoms with Crippen LogP contribution in [0.2, 0.25) is 5.02 Å². The number of carbonyl (C=O) groups excluding carboxylic acids is 1. The molecular weight excluding hydrogens is 374 g/mol. The Balaban J connectivity index is 1.70. The van der Waals surface area contributed by atoms with Crippen molar-refractivity contribution in [1.82, 2.24) is 9.47 Å². The predicted octanol–water partition coefficient (Wildman–Crippen LogP) is 4.65. The van der Waals surface area contributed by atoms with Crippen LogP contribution in [0.3, 0.4) is 0 Å². The first-order valence-electron chi connectivity index (χ1n) is 9.24. The van der Waals surface area contributed by atoms with Gasteiger partial charge in [0.1, 0.15) is 5.75 Å². The van der Waals surface area contributed by atoms with Gasteiger partial charge in [0.2, 0.25) is 0 Å². The molecule has 28 heavy (non-hydrogen) atoms. The fraction of sp³-hybridized carbons (Fsp3) is 0.318. The minimum absolute atomic E-state index is 0.214. The lowest BCUT2D eigenvalue weighted by atomic mass is 10.1. The summed E-state index contributed by atoms with van der Waals surface area (Å²) in [5, 5.41) is 4.67. The highest BCUT2D eigenvalue weighted by atomic mass is 35.5. The third-order valence-corrected chi connectivity index (χ3v) is 4.80. The van der Waals surface area contributed by atoms with Crippen LogP contribution in [0.4, 0.5) is 5.69 Å². The molecule has 2 aromatic carbocycles. The predicted molar refractivity (Wildman–Crippen MR) is 115 cm³/mol. The summed E-state index contributed by atoms with van der Waals surface area (Å²) in [7, 11) is 4.13. The Hall–Kier alpha value is -2.50. The first-order chi connectivity index (χ1) is 13.2. The Morgan fingerprint density at radius 3 is 2.54 bits per heavy atom. The van der Waals surface area contributed by atoms with Crippen LogP contribution < -0.4 is 10.1 Å². The van der Waals surface area contributed by atoms with E-state index in [0.29, 0.717) is 10.8 Å². The number of aromatic nitrogens is 1. The van der Waals surface area contributed by atoms with Crippen LogP contribution in [-0.2, 0) is 11.3 Å². The molecule has 0 saturated heterocycles. The molecule has 0 radical (unpaired) electrons. The van der Waals surface area contributed by atoms with Gasteiger partial charge in [-0.25, -0.2) is 0 Å². The lowest BCUT2D eigenvalue weighted by Gasteiger charge is -2.25. The number of nitrogens with zero attached hydrogens (tertiary/aromatic N) is 2. The van der Waals surface area contributed by atoms with Crippen molar-refractivity contribution in [2.75, 3.05) is 26.0 Å². The summed E-state index contributed by atoms with van der Waals surface area (Å²) in [6.45, 7) is 5.38. The number of rotatable bonds is 7. The molecule has 0 aliphatic heterocycles. The first kappa shape index (κ1) is 20.2. The van der Waals surface area contributed by atoms with Gasteiger partial charge in [-0.05, 0) is 76.5 Å². The minimum Gasteiger partial charge on any atom is -0.478 e. The highest BCUT2D eigenvalue weighted by Gasteiger charge is 2.30. The van der Waals surface area contributed by atoms with Gasteiger partial charge in [0.05, 0.1) is 0 Å². The van der Waals surface area contributed by atoms with Crippen molar-refractivity contribution < 1.29 is 9.53 Å². The van der Waals surface area contributed by atoms with E-state index in [4.69, 9.17) is 16.3 Å². The molecule has 1 heterocycles. The Bertz CT molecular complexity index is 962. The fourth-order valence-corrected chi connectivity index (χ4v) is 3.03. The summed E-state index contributed by atoms with van der Waals surface area (Å²) >= 11 is 5.90. The topological polar surface area (TPSA) is 46.5 Å². The van der Waals surface area contributed by atoms with Crippen LogP contribution in [0.15, 0.2) is 54.7 Å². The SMILES string of the molecule is CN(C)CCn1ccc2cc(NC(=O)C(C)(C)Oc3ccc(Cl)cc3)ccc21. The van der Waals surface area contributed by atoms with E-state index in [1.807, 2.05) is 18.2 Å². The number of amides is 1. The number of likely N-dealkylation sites (N-methyl/N-ethyl adjacent to an activating group) is 1. The largest absolute Gasteiger partial charge is 0.478 e. The number of ether oxygens (including phenoxy) is 1. The maximum atomic E-state index is 12.8. The number of anilines is 1. The summed E-state index contributed by atoms with van der Waals surface area (Å²) in [4.78, 5) is 14.9. The summed E-state index contributed by atoms with van der Waals surface area (Å²) < 4.78 is 8.07. The molecule has 1 N–H and O–H groups in total. The van der Waals surface area contributed by atoms with Crippen molar-refractivity contribution in [3.63, 3.8) is 0 Å². The zero-order valence-corrected chi connectivity index (χ0v) is 17.5. The van der Waals surface area contributed by atoms with Gasteiger partial charge in [-0.15, -0.1) is 0 Å².